The van der Waals surface area contributed by atoms with Gasteiger partial charge in [-0.3, -0.25) is 4.79 Å². The first kappa shape index (κ1) is 20.4. The molecule has 1 N–H and O–H groups in total. The van der Waals surface area contributed by atoms with Gasteiger partial charge in [0.05, 0.1) is 32.9 Å². The summed E-state index contributed by atoms with van der Waals surface area (Å²) in [5.74, 6) is 0.236. The standard InChI is InChI=1S/C20H15F3N4OS2/c21-20(22,23)13-6-7-16(27-9-3-8-24-27)15(10-13)25-18(28)11-29-12-19-26-14-4-1-2-5-17(14)30-19/h1-10H,11-12H2,(H,25,28). The van der Waals surface area contributed by atoms with E-state index in [1.165, 1.54) is 28.7 Å². The molecule has 4 aromatic rings. The first-order valence-corrected chi connectivity index (χ1v) is 10.8. The average molecular weight is 448 g/mol. The van der Waals surface area contributed by atoms with Gasteiger partial charge in [0, 0.05) is 18.1 Å². The Bertz CT molecular complexity index is 1140. The van der Waals surface area contributed by atoms with E-state index in [2.05, 4.69) is 15.4 Å². The average Bonchev–Trinajstić information content (AvgIpc) is 3.36. The monoisotopic (exact) mass is 448 g/mol. The van der Waals surface area contributed by atoms with Crippen LogP contribution in [0.4, 0.5) is 18.9 Å². The molecule has 1 amide bonds. The Labute approximate surface area is 177 Å². The van der Waals surface area contributed by atoms with E-state index in [1.807, 2.05) is 24.3 Å². The lowest BCUT2D eigenvalue weighted by molar-refractivity contribution is -0.137. The van der Waals surface area contributed by atoms with Gasteiger partial charge in [-0.25, -0.2) is 9.67 Å². The molecule has 0 radical (unpaired) electrons. The highest BCUT2D eigenvalue weighted by Crippen LogP contribution is 2.33. The van der Waals surface area contributed by atoms with Crippen molar-refractivity contribution < 1.29 is 18.0 Å². The van der Waals surface area contributed by atoms with Crippen molar-refractivity contribution >= 4 is 44.9 Å². The highest BCUT2D eigenvalue weighted by Gasteiger charge is 2.31. The quantitative estimate of drug-likeness (QED) is 0.431. The van der Waals surface area contributed by atoms with Gasteiger partial charge < -0.3 is 5.32 Å². The molecular weight excluding hydrogens is 433 g/mol. The van der Waals surface area contributed by atoms with Crippen LogP contribution in [0.25, 0.3) is 15.9 Å². The molecule has 0 aliphatic carbocycles. The van der Waals surface area contributed by atoms with Crippen molar-refractivity contribution in [3.63, 3.8) is 0 Å². The Kier molecular flexibility index (Phi) is 5.78. The second-order valence-electron chi connectivity index (χ2n) is 6.30. The summed E-state index contributed by atoms with van der Waals surface area (Å²) >= 11 is 2.91. The molecular formula is C20H15F3N4OS2. The maximum Gasteiger partial charge on any atom is 0.416 e. The number of thioether (sulfide) groups is 1. The number of fused-ring (bicyclic) bond motifs is 1. The number of hydrogen-bond acceptors (Lipinski definition) is 5. The number of aromatic nitrogens is 3. The summed E-state index contributed by atoms with van der Waals surface area (Å²) in [4.78, 5) is 16.9. The molecule has 0 saturated carbocycles. The number of rotatable bonds is 6. The molecule has 0 fully saturated rings. The highest BCUT2D eigenvalue weighted by molar-refractivity contribution is 7.99. The van der Waals surface area contributed by atoms with Crippen molar-refractivity contribution in [2.24, 2.45) is 0 Å². The van der Waals surface area contributed by atoms with Crippen LogP contribution < -0.4 is 5.32 Å². The number of amides is 1. The number of para-hydroxylation sites is 1. The second kappa shape index (κ2) is 8.49. The number of anilines is 1. The van der Waals surface area contributed by atoms with Gasteiger partial charge in [-0.05, 0) is 36.4 Å². The van der Waals surface area contributed by atoms with E-state index < -0.39 is 17.6 Å². The molecule has 4 rings (SSSR count). The molecule has 0 unspecified atom stereocenters. The minimum atomic E-state index is -4.51. The van der Waals surface area contributed by atoms with E-state index in [4.69, 9.17) is 0 Å². The summed E-state index contributed by atoms with van der Waals surface area (Å²) in [7, 11) is 0. The third kappa shape index (κ3) is 4.65. The lowest BCUT2D eigenvalue weighted by Gasteiger charge is -2.14. The summed E-state index contributed by atoms with van der Waals surface area (Å²) in [6.07, 6.45) is -1.40. The van der Waals surface area contributed by atoms with Crippen molar-refractivity contribution in [2.75, 3.05) is 11.1 Å². The van der Waals surface area contributed by atoms with Crippen molar-refractivity contribution in [3.8, 4) is 5.69 Å². The van der Waals surface area contributed by atoms with Gasteiger partial charge in [0.2, 0.25) is 5.91 Å². The fourth-order valence-electron chi connectivity index (χ4n) is 2.82. The first-order valence-electron chi connectivity index (χ1n) is 8.83. The predicted octanol–water partition coefficient (Wildman–Crippen LogP) is 5.37. The number of benzene rings is 2. The number of thiazole rings is 1. The number of alkyl halides is 3. The van der Waals surface area contributed by atoms with Gasteiger partial charge in [0.1, 0.15) is 5.01 Å². The van der Waals surface area contributed by atoms with Crippen LogP contribution in [0.2, 0.25) is 0 Å². The summed E-state index contributed by atoms with van der Waals surface area (Å²) in [5, 5.41) is 7.52. The molecule has 154 valence electrons. The van der Waals surface area contributed by atoms with Crippen LogP contribution in [0.15, 0.2) is 60.9 Å². The normalized spacial score (nSPS) is 11.7. The third-order valence-electron chi connectivity index (χ3n) is 4.15. The lowest BCUT2D eigenvalue weighted by Crippen LogP contribution is -2.17. The minimum absolute atomic E-state index is 0.0547. The zero-order valence-corrected chi connectivity index (χ0v) is 17.0. The number of halogens is 3. The van der Waals surface area contributed by atoms with Gasteiger partial charge in [0.15, 0.2) is 0 Å². The molecule has 0 atom stereocenters. The molecule has 10 heteroatoms. The fraction of sp³-hybridized carbons (Fsp3) is 0.150. The lowest BCUT2D eigenvalue weighted by atomic mass is 10.1. The maximum absolute atomic E-state index is 13.1. The van der Waals surface area contributed by atoms with Crippen LogP contribution in [0.5, 0.6) is 0 Å². The summed E-state index contributed by atoms with van der Waals surface area (Å²) in [5.41, 5.74) is 0.489. The molecule has 5 nitrogen and oxygen atoms in total. The molecule has 0 saturated heterocycles. The molecule has 30 heavy (non-hydrogen) atoms. The van der Waals surface area contributed by atoms with Crippen LogP contribution >= 0.6 is 23.1 Å². The predicted molar refractivity (Wildman–Crippen MR) is 113 cm³/mol. The summed E-state index contributed by atoms with van der Waals surface area (Å²) in [6.45, 7) is 0. The summed E-state index contributed by atoms with van der Waals surface area (Å²) in [6, 6.07) is 12.6. The number of nitrogens with one attached hydrogen (secondary N) is 1. The molecule has 0 aliphatic rings. The largest absolute Gasteiger partial charge is 0.416 e. The first-order chi connectivity index (χ1) is 14.4. The summed E-state index contributed by atoms with van der Waals surface area (Å²) < 4.78 is 41.8. The molecule has 2 aromatic heterocycles. The van der Waals surface area contributed by atoms with Crippen molar-refractivity contribution in [3.05, 3.63) is 71.5 Å². The molecule has 0 bridgehead atoms. The van der Waals surface area contributed by atoms with Crippen molar-refractivity contribution in [2.45, 2.75) is 11.9 Å². The number of carbonyl (C=O) groups excluding carboxylic acids is 1. The zero-order chi connectivity index (χ0) is 21.1. The molecule has 2 aromatic carbocycles. The highest BCUT2D eigenvalue weighted by atomic mass is 32.2. The van der Waals surface area contributed by atoms with Crippen LogP contribution in [-0.2, 0) is 16.7 Å². The SMILES string of the molecule is O=C(CSCc1nc2ccccc2s1)Nc1cc(C(F)(F)F)ccc1-n1cccn1. The second-order valence-corrected chi connectivity index (χ2v) is 8.40. The van der Waals surface area contributed by atoms with E-state index in [1.54, 1.807) is 23.6 Å². The van der Waals surface area contributed by atoms with Gasteiger partial charge >= 0.3 is 6.18 Å². The van der Waals surface area contributed by atoms with Gasteiger partial charge in [0.25, 0.3) is 0 Å². The van der Waals surface area contributed by atoms with Gasteiger partial charge in [-0.1, -0.05) is 12.1 Å². The third-order valence-corrected chi connectivity index (χ3v) is 6.31. The molecule has 0 spiro atoms. The van der Waals surface area contributed by atoms with E-state index >= 15 is 0 Å². The van der Waals surface area contributed by atoms with Crippen molar-refractivity contribution in [1.82, 2.24) is 14.8 Å². The van der Waals surface area contributed by atoms with E-state index in [0.29, 0.717) is 11.4 Å². The minimum Gasteiger partial charge on any atom is -0.323 e. The van der Waals surface area contributed by atoms with E-state index in [9.17, 15) is 18.0 Å². The van der Waals surface area contributed by atoms with Gasteiger partial charge in [-0.2, -0.15) is 18.3 Å². The number of nitrogens with zero attached hydrogens (tertiary/aromatic N) is 3. The van der Waals surface area contributed by atoms with Gasteiger partial charge in [-0.15, -0.1) is 23.1 Å². The van der Waals surface area contributed by atoms with Crippen LogP contribution in [0, 0.1) is 0 Å². The fourth-order valence-corrected chi connectivity index (χ4v) is 4.67. The van der Waals surface area contributed by atoms with Crippen LogP contribution in [0.1, 0.15) is 10.6 Å². The van der Waals surface area contributed by atoms with Crippen LogP contribution in [0.3, 0.4) is 0 Å². The topological polar surface area (TPSA) is 59.8 Å². The number of hydrogen-bond donors (Lipinski definition) is 1. The Morgan fingerprint density at radius 2 is 2.00 bits per heavy atom. The maximum atomic E-state index is 13.1. The molecule has 2 heterocycles. The Morgan fingerprint density at radius 3 is 2.73 bits per heavy atom. The number of carbonyl (C=O) groups is 1. The van der Waals surface area contributed by atoms with Crippen molar-refractivity contribution in [1.29, 1.82) is 0 Å². The molecule has 0 aliphatic heterocycles. The Hall–Kier alpha value is -2.85. The Morgan fingerprint density at radius 1 is 1.17 bits per heavy atom. The Balaban J connectivity index is 1.45. The smallest absolute Gasteiger partial charge is 0.323 e. The van der Waals surface area contributed by atoms with E-state index in [-0.39, 0.29) is 11.4 Å². The van der Waals surface area contributed by atoms with E-state index in [0.717, 1.165) is 27.4 Å². The van der Waals surface area contributed by atoms with Crippen LogP contribution in [-0.4, -0.2) is 26.4 Å². The zero-order valence-electron chi connectivity index (χ0n) is 15.4.